The summed E-state index contributed by atoms with van der Waals surface area (Å²) in [7, 11) is 0. The second-order valence-corrected chi connectivity index (χ2v) is 4.98. The molecule has 2 nitrogen and oxygen atoms in total. The zero-order valence-corrected chi connectivity index (χ0v) is 10.8. The molecule has 2 N–H and O–H groups in total. The molecule has 0 amide bonds. The van der Waals surface area contributed by atoms with Crippen LogP contribution in [0.25, 0.3) is 11.3 Å². The minimum atomic E-state index is -0.601. The highest BCUT2D eigenvalue weighted by Crippen LogP contribution is 2.28. The minimum Gasteiger partial charge on any atom is -0.322 e. The van der Waals surface area contributed by atoms with E-state index in [9.17, 15) is 8.78 Å². The highest BCUT2D eigenvalue weighted by Gasteiger charge is 2.13. The molecule has 5 heteroatoms. The number of aromatic nitrogens is 1. The molecule has 0 saturated carbocycles. The third-order valence-corrected chi connectivity index (χ3v) is 3.62. The Morgan fingerprint density at radius 2 is 2.17 bits per heavy atom. The predicted octanol–water partition coefficient (Wildman–Crippen LogP) is 3.89. The van der Waals surface area contributed by atoms with Crippen LogP contribution < -0.4 is 5.73 Å². The van der Waals surface area contributed by atoms with Crippen molar-refractivity contribution >= 4 is 11.3 Å². The van der Waals surface area contributed by atoms with Gasteiger partial charge in [0.1, 0.15) is 16.6 Å². The van der Waals surface area contributed by atoms with E-state index >= 15 is 0 Å². The molecule has 0 bridgehead atoms. The first-order valence-corrected chi connectivity index (χ1v) is 6.66. The summed E-state index contributed by atoms with van der Waals surface area (Å²) in [5, 5.41) is 2.54. The lowest BCUT2D eigenvalue weighted by Gasteiger charge is -2.05. The van der Waals surface area contributed by atoms with Crippen LogP contribution in [0.15, 0.2) is 23.6 Å². The van der Waals surface area contributed by atoms with E-state index in [0.717, 1.165) is 23.9 Å². The molecule has 18 heavy (non-hydrogen) atoms. The van der Waals surface area contributed by atoms with Crippen molar-refractivity contribution in [3.8, 4) is 11.3 Å². The second kappa shape index (κ2) is 5.54. The first kappa shape index (κ1) is 13.1. The molecule has 2 aromatic rings. The monoisotopic (exact) mass is 268 g/mol. The number of nitrogens with two attached hydrogens (primary N) is 1. The SMILES string of the molecule is CCCC(N)c1nc(-c2ccc(F)cc2F)cs1. The van der Waals surface area contributed by atoms with Gasteiger partial charge in [0.05, 0.1) is 11.7 Å². The van der Waals surface area contributed by atoms with Crippen molar-refractivity contribution in [3.05, 3.63) is 40.2 Å². The van der Waals surface area contributed by atoms with Gasteiger partial charge in [0.15, 0.2) is 0 Å². The number of hydrogen-bond acceptors (Lipinski definition) is 3. The number of rotatable bonds is 4. The number of hydrogen-bond donors (Lipinski definition) is 1. The van der Waals surface area contributed by atoms with Crippen molar-refractivity contribution in [2.75, 3.05) is 0 Å². The zero-order chi connectivity index (χ0) is 13.1. The van der Waals surface area contributed by atoms with Gasteiger partial charge in [0, 0.05) is 17.0 Å². The van der Waals surface area contributed by atoms with E-state index in [4.69, 9.17) is 5.73 Å². The van der Waals surface area contributed by atoms with E-state index in [2.05, 4.69) is 4.98 Å². The smallest absolute Gasteiger partial charge is 0.135 e. The maximum absolute atomic E-state index is 13.6. The van der Waals surface area contributed by atoms with Gasteiger partial charge in [-0.25, -0.2) is 13.8 Å². The maximum Gasteiger partial charge on any atom is 0.135 e. The molecule has 1 unspecified atom stereocenters. The number of thiazole rings is 1. The second-order valence-electron chi connectivity index (χ2n) is 4.09. The number of benzene rings is 1. The van der Waals surface area contributed by atoms with Crippen LogP contribution in [-0.2, 0) is 0 Å². The first-order valence-electron chi connectivity index (χ1n) is 5.78. The van der Waals surface area contributed by atoms with Crippen molar-refractivity contribution in [2.24, 2.45) is 5.73 Å². The lowest BCUT2D eigenvalue weighted by molar-refractivity contribution is 0.585. The molecule has 96 valence electrons. The molecule has 0 saturated heterocycles. The molecule has 1 heterocycles. The molecule has 1 aromatic heterocycles. The zero-order valence-electron chi connectivity index (χ0n) is 9.99. The van der Waals surface area contributed by atoms with Gasteiger partial charge in [-0.15, -0.1) is 11.3 Å². The largest absolute Gasteiger partial charge is 0.322 e. The Balaban J connectivity index is 2.29. The molecule has 0 fully saturated rings. The summed E-state index contributed by atoms with van der Waals surface area (Å²) in [4.78, 5) is 4.32. The molecule has 0 aliphatic heterocycles. The minimum absolute atomic E-state index is 0.114. The number of nitrogens with zero attached hydrogens (tertiary/aromatic N) is 1. The lowest BCUT2D eigenvalue weighted by atomic mass is 10.1. The van der Waals surface area contributed by atoms with Crippen LogP contribution >= 0.6 is 11.3 Å². The molecule has 0 aliphatic carbocycles. The molecule has 1 aromatic carbocycles. The Bertz CT molecular complexity index is 540. The van der Waals surface area contributed by atoms with Gasteiger partial charge in [0.2, 0.25) is 0 Å². The van der Waals surface area contributed by atoms with E-state index in [1.54, 1.807) is 5.38 Å². The molecule has 0 spiro atoms. The summed E-state index contributed by atoms with van der Waals surface area (Å²) in [6, 6.07) is 3.37. The van der Waals surface area contributed by atoms with E-state index in [0.29, 0.717) is 11.3 Å². The summed E-state index contributed by atoms with van der Waals surface area (Å²) in [5.74, 6) is -1.19. The standard InChI is InChI=1S/C13H14F2N2S/c1-2-3-11(16)13-17-12(7-18-13)9-5-4-8(14)6-10(9)15/h4-7,11H,2-3,16H2,1H3. The summed E-state index contributed by atoms with van der Waals surface area (Å²) >= 11 is 1.41. The van der Waals surface area contributed by atoms with Crippen LogP contribution in [0.3, 0.4) is 0 Å². The van der Waals surface area contributed by atoms with Crippen molar-refractivity contribution in [1.29, 1.82) is 0 Å². The maximum atomic E-state index is 13.6. The average Bonchev–Trinajstić information content (AvgIpc) is 2.78. The summed E-state index contributed by atoms with van der Waals surface area (Å²) in [6.07, 6.45) is 1.82. The molecule has 2 rings (SSSR count). The van der Waals surface area contributed by atoms with Crippen LogP contribution in [0.5, 0.6) is 0 Å². The van der Waals surface area contributed by atoms with Gasteiger partial charge in [0.25, 0.3) is 0 Å². The lowest BCUT2D eigenvalue weighted by Crippen LogP contribution is -2.09. The summed E-state index contributed by atoms with van der Waals surface area (Å²) in [6.45, 7) is 2.05. The van der Waals surface area contributed by atoms with Crippen LogP contribution in [0.4, 0.5) is 8.78 Å². The molecular formula is C13H14F2N2S. The van der Waals surface area contributed by atoms with E-state index in [-0.39, 0.29) is 6.04 Å². The fourth-order valence-electron chi connectivity index (χ4n) is 1.71. The normalized spacial score (nSPS) is 12.7. The van der Waals surface area contributed by atoms with E-state index in [1.165, 1.54) is 23.5 Å². The molecular weight excluding hydrogens is 254 g/mol. The number of halogens is 2. The van der Waals surface area contributed by atoms with Gasteiger partial charge in [-0.05, 0) is 18.6 Å². The molecule has 1 atom stereocenters. The van der Waals surface area contributed by atoms with Gasteiger partial charge < -0.3 is 5.73 Å². The third-order valence-electron chi connectivity index (χ3n) is 2.65. The van der Waals surface area contributed by atoms with Crippen molar-refractivity contribution in [2.45, 2.75) is 25.8 Å². The highest BCUT2D eigenvalue weighted by atomic mass is 32.1. The van der Waals surface area contributed by atoms with Gasteiger partial charge >= 0.3 is 0 Å². The van der Waals surface area contributed by atoms with E-state index in [1.807, 2.05) is 6.92 Å². The Morgan fingerprint density at radius 3 is 2.83 bits per heavy atom. The predicted molar refractivity (Wildman–Crippen MR) is 69.3 cm³/mol. The van der Waals surface area contributed by atoms with Crippen molar-refractivity contribution < 1.29 is 8.78 Å². The Hall–Kier alpha value is -1.33. The van der Waals surface area contributed by atoms with Gasteiger partial charge in [-0.3, -0.25) is 0 Å². The molecule has 0 aliphatic rings. The topological polar surface area (TPSA) is 38.9 Å². The van der Waals surface area contributed by atoms with Crippen LogP contribution in [0, 0.1) is 11.6 Å². The van der Waals surface area contributed by atoms with Gasteiger partial charge in [-0.1, -0.05) is 13.3 Å². The fourth-order valence-corrected chi connectivity index (χ4v) is 2.57. The summed E-state index contributed by atoms with van der Waals surface area (Å²) in [5.41, 5.74) is 6.77. The fraction of sp³-hybridized carbons (Fsp3) is 0.308. The Labute approximate surface area is 108 Å². The molecule has 0 radical (unpaired) electrons. The average molecular weight is 268 g/mol. The highest BCUT2D eigenvalue weighted by molar-refractivity contribution is 7.10. The van der Waals surface area contributed by atoms with E-state index < -0.39 is 11.6 Å². The van der Waals surface area contributed by atoms with Crippen molar-refractivity contribution in [3.63, 3.8) is 0 Å². The first-order chi connectivity index (χ1) is 8.61. The quantitative estimate of drug-likeness (QED) is 0.913. The van der Waals surface area contributed by atoms with Crippen LogP contribution in [0.1, 0.15) is 30.8 Å². The summed E-state index contributed by atoms with van der Waals surface area (Å²) < 4.78 is 26.4. The van der Waals surface area contributed by atoms with Crippen LogP contribution in [0.2, 0.25) is 0 Å². The van der Waals surface area contributed by atoms with Gasteiger partial charge in [-0.2, -0.15) is 0 Å². The van der Waals surface area contributed by atoms with Crippen LogP contribution in [-0.4, -0.2) is 4.98 Å². The van der Waals surface area contributed by atoms with Crippen molar-refractivity contribution in [1.82, 2.24) is 4.98 Å². The third kappa shape index (κ3) is 2.73. The Morgan fingerprint density at radius 1 is 1.39 bits per heavy atom. The Kier molecular flexibility index (Phi) is 4.04.